The Balaban J connectivity index is 1.74. The first-order valence-electron chi connectivity index (χ1n) is 8.67. The lowest BCUT2D eigenvalue weighted by atomic mass is 10.2. The van der Waals surface area contributed by atoms with E-state index in [4.69, 9.17) is 0 Å². The van der Waals surface area contributed by atoms with Gasteiger partial charge in [-0.3, -0.25) is 4.79 Å². The molecule has 0 radical (unpaired) electrons. The minimum atomic E-state index is -4.72. The number of nitrogens with one attached hydrogen (secondary N) is 3. The number of benzene rings is 1. The van der Waals surface area contributed by atoms with E-state index in [9.17, 15) is 18.0 Å². The summed E-state index contributed by atoms with van der Waals surface area (Å²) < 4.78 is 40.2. The van der Waals surface area contributed by atoms with Crippen molar-refractivity contribution in [2.24, 2.45) is 0 Å². The predicted octanol–water partition coefficient (Wildman–Crippen LogP) is 0.273. The van der Waals surface area contributed by atoms with E-state index >= 15 is 0 Å². The van der Waals surface area contributed by atoms with Crippen LogP contribution in [0.25, 0.3) is 0 Å². The summed E-state index contributed by atoms with van der Waals surface area (Å²) in [7, 11) is 0. The lowest BCUT2D eigenvalue weighted by Gasteiger charge is -2.28. The molecule has 26 heavy (non-hydrogen) atoms. The first-order valence-corrected chi connectivity index (χ1v) is 8.67. The zero-order chi connectivity index (χ0) is 19.2. The summed E-state index contributed by atoms with van der Waals surface area (Å²) in [6, 6.07) is 5.16. The topological polar surface area (TPSA) is 47.2 Å². The molecule has 8 heteroatoms. The van der Waals surface area contributed by atoms with E-state index in [2.05, 4.69) is 30.0 Å². The molecule has 0 spiro atoms. The van der Waals surface area contributed by atoms with Gasteiger partial charge < -0.3 is 19.9 Å². The van der Waals surface area contributed by atoms with Gasteiger partial charge in [0.25, 0.3) is 5.91 Å². The Labute approximate surface area is 151 Å². The molecule has 0 aliphatic carbocycles. The standard InChI is InChI=1S/C18H24F3N3O2/c1-14(2)7-8-23-9-11-24(12-10-23)13-17(25)22-15-3-5-16(6-4-15)26-18(19,20)21/h3-7H,8-13H2,1-2H3,(H,22,25)/p+2. The highest BCUT2D eigenvalue weighted by atomic mass is 19.4. The fraction of sp³-hybridized carbons (Fsp3) is 0.500. The molecule has 0 aromatic heterocycles. The number of ether oxygens (including phenoxy) is 1. The van der Waals surface area contributed by atoms with Crippen LogP contribution in [0.5, 0.6) is 5.75 Å². The Bertz CT molecular complexity index is 618. The van der Waals surface area contributed by atoms with Gasteiger partial charge in [-0.15, -0.1) is 13.2 Å². The van der Waals surface area contributed by atoms with Crippen molar-refractivity contribution < 1.29 is 32.5 Å². The van der Waals surface area contributed by atoms with Crippen LogP contribution in [0, 0.1) is 0 Å². The average Bonchev–Trinajstić information content (AvgIpc) is 2.54. The van der Waals surface area contributed by atoms with Crippen molar-refractivity contribution in [3.8, 4) is 5.75 Å². The molecule has 1 fully saturated rings. The maximum atomic E-state index is 12.1. The summed E-state index contributed by atoms with van der Waals surface area (Å²) in [5.41, 5.74) is 1.77. The summed E-state index contributed by atoms with van der Waals surface area (Å²) in [4.78, 5) is 14.9. The number of rotatable bonds is 6. The fourth-order valence-corrected chi connectivity index (χ4v) is 2.86. The molecule has 0 unspecified atom stereocenters. The fourth-order valence-electron chi connectivity index (χ4n) is 2.86. The van der Waals surface area contributed by atoms with Gasteiger partial charge in [-0.2, -0.15) is 0 Å². The van der Waals surface area contributed by atoms with Gasteiger partial charge in [0.2, 0.25) is 0 Å². The highest BCUT2D eigenvalue weighted by Crippen LogP contribution is 2.23. The lowest BCUT2D eigenvalue weighted by molar-refractivity contribution is -1.01. The van der Waals surface area contributed by atoms with Crippen LogP contribution >= 0.6 is 0 Å². The number of hydrogen-bond acceptors (Lipinski definition) is 2. The van der Waals surface area contributed by atoms with Crippen LogP contribution in [-0.4, -0.2) is 51.5 Å². The second kappa shape index (κ2) is 9.05. The van der Waals surface area contributed by atoms with Crippen molar-refractivity contribution in [1.29, 1.82) is 0 Å². The molecule has 1 amide bonds. The molecular formula is C18H26F3N3O2+2. The van der Waals surface area contributed by atoms with Gasteiger partial charge in [-0.05, 0) is 44.2 Å². The molecule has 0 bridgehead atoms. The van der Waals surface area contributed by atoms with E-state index in [0.717, 1.165) is 32.7 Å². The van der Waals surface area contributed by atoms with E-state index in [-0.39, 0.29) is 11.7 Å². The Morgan fingerprint density at radius 3 is 2.23 bits per heavy atom. The van der Waals surface area contributed by atoms with Crippen LogP contribution < -0.4 is 19.9 Å². The van der Waals surface area contributed by atoms with Crippen LogP contribution in [0.2, 0.25) is 0 Å². The highest BCUT2D eigenvalue weighted by Gasteiger charge is 2.31. The molecule has 1 aliphatic rings. The monoisotopic (exact) mass is 373 g/mol. The zero-order valence-corrected chi connectivity index (χ0v) is 15.1. The minimum absolute atomic E-state index is 0.141. The second-order valence-electron chi connectivity index (χ2n) is 6.78. The third kappa shape index (κ3) is 7.45. The molecule has 2 rings (SSSR count). The molecule has 1 aromatic rings. The summed E-state index contributed by atoms with van der Waals surface area (Å²) in [5.74, 6) is -0.450. The van der Waals surface area contributed by atoms with Gasteiger partial charge in [0.1, 0.15) is 31.9 Å². The molecule has 1 saturated heterocycles. The SMILES string of the molecule is CC(C)=CC[NH+]1CC[NH+](CC(=O)Nc2ccc(OC(F)(F)F)cc2)CC1. The van der Waals surface area contributed by atoms with Gasteiger partial charge in [0, 0.05) is 5.69 Å². The third-order valence-electron chi connectivity index (χ3n) is 4.25. The maximum Gasteiger partial charge on any atom is 0.573 e. The smallest absolute Gasteiger partial charge is 0.406 e. The van der Waals surface area contributed by atoms with E-state index in [1.807, 2.05) is 0 Å². The van der Waals surface area contributed by atoms with Gasteiger partial charge in [0.05, 0.1) is 6.54 Å². The van der Waals surface area contributed by atoms with Gasteiger partial charge in [-0.1, -0.05) is 5.57 Å². The molecule has 144 valence electrons. The van der Waals surface area contributed by atoms with Crippen LogP contribution in [0.1, 0.15) is 13.8 Å². The maximum absolute atomic E-state index is 12.1. The number of allylic oxidation sites excluding steroid dienone is 1. The summed E-state index contributed by atoms with van der Waals surface area (Å²) in [5, 5.41) is 2.72. The van der Waals surface area contributed by atoms with Crippen molar-refractivity contribution in [2.45, 2.75) is 20.2 Å². The Morgan fingerprint density at radius 1 is 1.12 bits per heavy atom. The van der Waals surface area contributed by atoms with Crippen molar-refractivity contribution in [2.75, 3.05) is 44.6 Å². The number of alkyl halides is 3. The summed E-state index contributed by atoms with van der Waals surface area (Å²) >= 11 is 0. The van der Waals surface area contributed by atoms with E-state index in [1.165, 1.54) is 39.6 Å². The molecule has 0 saturated carbocycles. The zero-order valence-electron chi connectivity index (χ0n) is 15.1. The number of amides is 1. The van der Waals surface area contributed by atoms with E-state index < -0.39 is 6.36 Å². The normalized spacial score (nSPS) is 20.3. The number of quaternary nitrogens is 2. The molecule has 0 atom stereocenters. The molecule has 1 heterocycles. The second-order valence-corrected chi connectivity index (χ2v) is 6.78. The molecule has 3 N–H and O–H groups in total. The Kier molecular flexibility index (Phi) is 7.05. The predicted molar refractivity (Wildman–Crippen MR) is 92.3 cm³/mol. The summed E-state index contributed by atoms with van der Waals surface area (Å²) in [6.45, 7) is 9.46. The first-order chi connectivity index (χ1) is 12.2. The van der Waals surface area contributed by atoms with E-state index in [1.54, 1.807) is 0 Å². The van der Waals surface area contributed by atoms with E-state index in [0.29, 0.717) is 12.2 Å². The molecular weight excluding hydrogens is 347 g/mol. The first kappa shape index (κ1) is 20.3. The van der Waals surface area contributed by atoms with Crippen LogP contribution in [-0.2, 0) is 4.79 Å². The van der Waals surface area contributed by atoms with Crippen LogP contribution in [0.4, 0.5) is 18.9 Å². The quantitative estimate of drug-likeness (QED) is 0.627. The van der Waals surface area contributed by atoms with Crippen LogP contribution in [0.3, 0.4) is 0 Å². The third-order valence-corrected chi connectivity index (χ3v) is 4.25. The largest absolute Gasteiger partial charge is 0.573 e. The Morgan fingerprint density at radius 2 is 1.69 bits per heavy atom. The van der Waals surface area contributed by atoms with Crippen LogP contribution in [0.15, 0.2) is 35.9 Å². The minimum Gasteiger partial charge on any atom is -0.406 e. The number of carbonyl (C=O) groups excluding carboxylic acids is 1. The molecule has 1 aliphatic heterocycles. The molecule has 5 nitrogen and oxygen atoms in total. The van der Waals surface area contributed by atoms with Gasteiger partial charge in [0.15, 0.2) is 6.54 Å². The molecule has 1 aromatic carbocycles. The van der Waals surface area contributed by atoms with Gasteiger partial charge in [-0.25, -0.2) is 0 Å². The lowest BCUT2D eigenvalue weighted by Crippen LogP contribution is -3.28. The number of hydrogen-bond donors (Lipinski definition) is 3. The van der Waals surface area contributed by atoms with Crippen molar-refractivity contribution in [1.82, 2.24) is 0 Å². The number of piperazine rings is 1. The number of anilines is 1. The Hall–Kier alpha value is -2.06. The number of halogens is 3. The average molecular weight is 373 g/mol. The van der Waals surface area contributed by atoms with Gasteiger partial charge >= 0.3 is 6.36 Å². The van der Waals surface area contributed by atoms with Crippen molar-refractivity contribution >= 4 is 11.6 Å². The van der Waals surface area contributed by atoms with Crippen molar-refractivity contribution in [3.63, 3.8) is 0 Å². The van der Waals surface area contributed by atoms with Crippen molar-refractivity contribution in [3.05, 3.63) is 35.9 Å². The summed E-state index contributed by atoms with van der Waals surface area (Å²) in [6.07, 6.45) is -2.48. The highest BCUT2D eigenvalue weighted by molar-refractivity contribution is 5.91. The number of carbonyl (C=O) groups is 1.